The molecule has 4 rings (SSSR count). The number of hydrogen-bond donors (Lipinski definition) is 1. The minimum Gasteiger partial charge on any atom is -0.457 e. The van der Waals surface area contributed by atoms with Gasteiger partial charge in [0.25, 0.3) is 5.91 Å². The Hall–Kier alpha value is -3.11. The second-order valence-electron chi connectivity index (χ2n) is 9.22. The van der Waals surface area contributed by atoms with Crippen molar-refractivity contribution in [1.82, 2.24) is 4.90 Å². The number of nitrogens with zero attached hydrogens (tertiary/aromatic N) is 1. The third-order valence-electron chi connectivity index (χ3n) is 6.51. The molecule has 2 aromatic rings. The normalized spacial score (nSPS) is 25.6. The van der Waals surface area contributed by atoms with Crippen LogP contribution >= 0.6 is 0 Å². The zero-order valence-corrected chi connectivity index (χ0v) is 21.1. The molecule has 0 saturated carbocycles. The van der Waals surface area contributed by atoms with E-state index in [-0.39, 0.29) is 26.2 Å². The Morgan fingerprint density at radius 2 is 1.81 bits per heavy atom. The monoisotopic (exact) mass is 511 g/mol. The summed E-state index contributed by atoms with van der Waals surface area (Å²) in [7, 11) is 0. The summed E-state index contributed by atoms with van der Waals surface area (Å²) in [5.41, 5.74) is 1.94. The number of hydrogen-bond acceptors (Lipinski definition) is 8. The molecule has 1 saturated heterocycles. The summed E-state index contributed by atoms with van der Waals surface area (Å²) in [5.74, 6) is -1.62. The van der Waals surface area contributed by atoms with Crippen molar-refractivity contribution in [1.29, 1.82) is 0 Å². The van der Waals surface area contributed by atoms with Gasteiger partial charge in [0.05, 0.1) is 19.6 Å². The van der Waals surface area contributed by atoms with Crippen LogP contribution in [0.5, 0.6) is 0 Å². The fourth-order valence-corrected chi connectivity index (χ4v) is 4.75. The van der Waals surface area contributed by atoms with Gasteiger partial charge in [0.2, 0.25) is 5.91 Å². The van der Waals surface area contributed by atoms with Crippen LogP contribution in [0, 0.1) is 0 Å². The van der Waals surface area contributed by atoms with E-state index in [1.807, 2.05) is 37.3 Å². The summed E-state index contributed by atoms with van der Waals surface area (Å²) in [6.45, 7) is 3.83. The van der Waals surface area contributed by atoms with Crippen molar-refractivity contribution in [2.45, 2.75) is 70.4 Å². The summed E-state index contributed by atoms with van der Waals surface area (Å²) in [6.07, 6.45) is -2.94. The fourth-order valence-electron chi connectivity index (χ4n) is 4.75. The van der Waals surface area contributed by atoms with Gasteiger partial charge in [0.15, 0.2) is 12.4 Å². The van der Waals surface area contributed by atoms with E-state index < -0.39 is 48.4 Å². The second kappa shape index (κ2) is 12.4. The van der Waals surface area contributed by atoms with E-state index in [9.17, 15) is 19.5 Å². The Kier molecular flexibility index (Phi) is 9.04. The maximum atomic E-state index is 13.4. The van der Waals surface area contributed by atoms with Crippen LogP contribution in [0.4, 0.5) is 0 Å². The van der Waals surface area contributed by atoms with Gasteiger partial charge in [-0.3, -0.25) is 19.3 Å². The maximum Gasteiger partial charge on any atom is 0.303 e. The van der Waals surface area contributed by atoms with Crippen LogP contribution in [-0.4, -0.2) is 71.6 Å². The number of amides is 2. The number of carbonyl (C=O) groups excluding carboxylic acids is 3. The van der Waals surface area contributed by atoms with Gasteiger partial charge in [-0.15, -0.1) is 0 Å². The number of aliphatic hydroxyl groups excluding tert-OH is 1. The minimum absolute atomic E-state index is 0.00498. The molecule has 2 amide bonds. The number of aliphatic hydroxyl groups is 1. The molecule has 1 fully saturated rings. The number of ether oxygens (including phenoxy) is 4. The highest BCUT2D eigenvalue weighted by Crippen LogP contribution is 2.33. The highest BCUT2D eigenvalue weighted by atomic mass is 16.7. The van der Waals surface area contributed by atoms with Crippen molar-refractivity contribution >= 4 is 17.8 Å². The first kappa shape index (κ1) is 26.9. The van der Waals surface area contributed by atoms with Crippen LogP contribution in [0.15, 0.2) is 54.6 Å². The van der Waals surface area contributed by atoms with Crippen LogP contribution < -0.4 is 0 Å². The standard InChI is InChI=1S/C28H33NO8/c1-3-4-14-35-26-24(29-23(31)15-20-12-8-9-13-21(20)27(29)32)28(33)37-22(25(26)36-18(2)30)17-34-16-19-10-6-5-7-11-19/h5-13,22,24-26,28,33H,3-4,14-17H2,1-2H3/t22?,24-,25+,26?,28+/m0/s1. The molecule has 0 aliphatic carbocycles. The molecule has 0 spiro atoms. The molecule has 5 atom stereocenters. The maximum absolute atomic E-state index is 13.4. The van der Waals surface area contributed by atoms with Crippen LogP contribution in [0.1, 0.15) is 48.2 Å². The fraction of sp³-hybridized carbons (Fsp3) is 0.464. The van der Waals surface area contributed by atoms with Crippen LogP contribution in [0.2, 0.25) is 0 Å². The van der Waals surface area contributed by atoms with Gasteiger partial charge in [0, 0.05) is 19.1 Å². The van der Waals surface area contributed by atoms with Crippen molar-refractivity contribution in [3.05, 3.63) is 71.3 Å². The molecule has 2 unspecified atom stereocenters. The predicted molar refractivity (Wildman–Crippen MR) is 132 cm³/mol. The van der Waals surface area contributed by atoms with E-state index in [1.165, 1.54) is 6.92 Å². The Balaban J connectivity index is 1.61. The topological polar surface area (TPSA) is 112 Å². The summed E-state index contributed by atoms with van der Waals surface area (Å²) in [6, 6.07) is 15.2. The molecule has 2 aliphatic heterocycles. The molecule has 2 aromatic carbocycles. The molecule has 2 aliphatic rings. The molecule has 9 nitrogen and oxygen atoms in total. The lowest BCUT2D eigenvalue weighted by Crippen LogP contribution is -2.68. The molecule has 198 valence electrons. The Morgan fingerprint density at radius 1 is 1.08 bits per heavy atom. The average molecular weight is 512 g/mol. The number of esters is 1. The van der Waals surface area contributed by atoms with E-state index in [0.29, 0.717) is 17.5 Å². The summed E-state index contributed by atoms with van der Waals surface area (Å²) in [5, 5.41) is 11.1. The number of imide groups is 1. The first-order valence-electron chi connectivity index (χ1n) is 12.6. The average Bonchev–Trinajstić information content (AvgIpc) is 2.88. The first-order chi connectivity index (χ1) is 17.9. The number of rotatable bonds is 10. The van der Waals surface area contributed by atoms with E-state index in [4.69, 9.17) is 18.9 Å². The van der Waals surface area contributed by atoms with E-state index >= 15 is 0 Å². The second-order valence-corrected chi connectivity index (χ2v) is 9.22. The van der Waals surface area contributed by atoms with Crippen molar-refractivity contribution in [2.24, 2.45) is 0 Å². The smallest absolute Gasteiger partial charge is 0.303 e. The van der Waals surface area contributed by atoms with Gasteiger partial charge in [-0.25, -0.2) is 0 Å². The van der Waals surface area contributed by atoms with Gasteiger partial charge >= 0.3 is 5.97 Å². The van der Waals surface area contributed by atoms with Crippen molar-refractivity contribution < 1.29 is 38.4 Å². The van der Waals surface area contributed by atoms with Crippen molar-refractivity contribution in [3.63, 3.8) is 0 Å². The lowest BCUT2D eigenvalue weighted by Gasteiger charge is -2.48. The van der Waals surface area contributed by atoms with Gasteiger partial charge in [0.1, 0.15) is 18.2 Å². The molecule has 1 N–H and O–H groups in total. The third kappa shape index (κ3) is 6.24. The SMILES string of the molecule is CCCCOC1[C@H](OC(C)=O)C(COCc2ccccc2)O[C@@H](O)[C@H]1N1C(=O)Cc2ccccc2C1=O. The number of unbranched alkanes of at least 4 members (excludes halogenated alkanes) is 1. The molecular weight excluding hydrogens is 478 g/mol. The van der Waals surface area contributed by atoms with Gasteiger partial charge in [-0.2, -0.15) is 0 Å². The molecule has 2 heterocycles. The Morgan fingerprint density at radius 3 is 2.54 bits per heavy atom. The van der Waals surface area contributed by atoms with Crippen LogP contribution in [-0.2, 0) is 41.6 Å². The zero-order valence-electron chi connectivity index (χ0n) is 21.1. The largest absolute Gasteiger partial charge is 0.457 e. The van der Waals surface area contributed by atoms with Crippen molar-refractivity contribution in [2.75, 3.05) is 13.2 Å². The quantitative estimate of drug-likeness (QED) is 0.294. The molecule has 0 bridgehead atoms. The molecule has 0 aromatic heterocycles. The lowest BCUT2D eigenvalue weighted by atomic mass is 9.91. The molecule has 37 heavy (non-hydrogen) atoms. The van der Waals surface area contributed by atoms with Crippen molar-refractivity contribution in [3.8, 4) is 0 Å². The van der Waals surface area contributed by atoms with Crippen LogP contribution in [0.3, 0.4) is 0 Å². The van der Waals surface area contributed by atoms with E-state index in [0.717, 1.165) is 16.9 Å². The highest BCUT2D eigenvalue weighted by Gasteiger charge is 2.54. The zero-order chi connectivity index (χ0) is 26.4. The highest BCUT2D eigenvalue weighted by molar-refractivity contribution is 6.10. The summed E-state index contributed by atoms with van der Waals surface area (Å²) < 4.78 is 23.4. The van der Waals surface area contributed by atoms with Gasteiger partial charge < -0.3 is 24.1 Å². The number of benzene rings is 2. The first-order valence-corrected chi connectivity index (χ1v) is 12.6. The van der Waals surface area contributed by atoms with Crippen LogP contribution in [0.25, 0.3) is 0 Å². The molecule has 9 heteroatoms. The number of fused-ring (bicyclic) bond motifs is 1. The summed E-state index contributed by atoms with van der Waals surface area (Å²) in [4.78, 5) is 39.7. The number of carbonyl (C=O) groups is 3. The Labute approximate surface area is 216 Å². The van der Waals surface area contributed by atoms with E-state index in [2.05, 4.69) is 0 Å². The third-order valence-corrected chi connectivity index (χ3v) is 6.51. The van der Waals surface area contributed by atoms with E-state index in [1.54, 1.807) is 24.3 Å². The predicted octanol–water partition coefficient (Wildman–Crippen LogP) is 2.63. The molecule has 0 radical (unpaired) electrons. The Bertz CT molecular complexity index is 1090. The lowest BCUT2D eigenvalue weighted by molar-refractivity contribution is -0.280. The minimum atomic E-state index is -1.57. The van der Waals surface area contributed by atoms with Gasteiger partial charge in [-0.1, -0.05) is 61.9 Å². The summed E-state index contributed by atoms with van der Waals surface area (Å²) >= 11 is 0. The van der Waals surface area contributed by atoms with Gasteiger partial charge in [-0.05, 0) is 23.6 Å². The molecular formula is C28H33NO8.